The van der Waals surface area contributed by atoms with Gasteiger partial charge in [-0.25, -0.2) is 4.39 Å². The lowest BCUT2D eigenvalue weighted by molar-refractivity contribution is -0.384. The van der Waals surface area contributed by atoms with Crippen LogP contribution < -0.4 is 0 Å². The number of nitrogens with zero attached hydrogens (tertiary/aromatic N) is 2. The van der Waals surface area contributed by atoms with Crippen LogP contribution in [0.25, 0.3) is 5.69 Å². The van der Waals surface area contributed by atoms with Gasteiger partial charge in [-0.1, -0.05) is 0 Å². The molecule has 0 aliphatic heterocycles. The normalized spacial score (nSPS) is 10.5. The number of benzene rings is 1. The molecule has 5 nitrogen and oxygen atoms in total. The molecule has 0 bridgehead atoms. The molecule has 1 aromatic carbocycles. The summed E-state index contributed by atoms with van der Waals surface area (Å²) in [5, 5.41) is 10.7. The molecule has 0 radical (unpaired) electrons. The van der Waals surface area contributed by atoms with Gasteiger partial charge in [0.25, 0.3) is 5.69 Å². The second kappa shape index (κ2) is 4.64. The van der Waals surface area contributed by atoms with Crippen LogP contribution in [-0.2, 0) is 0 Å². The zero-order chi connectivity index (χ0) is 14.2. The first-order valence-corrected chi connectivity index (χ1v) is 5.54. The summed E-state index contributed by atoms with van der Waals surface area (Å²) in [6.45, 7) is 3.37. The highest BCUT2D eigenvalue weighted by atomic mass is 19.1. The summed E-state index contributed by atoms with van der Waals surface area (Å²) in [6, 6.07) is 4.92. The van der Waals surface area contributed by atoms with Gasteiger partial charge in [0.15, 0.2) is 6.29 Å². The molecule has 0 aliphatic rings. The Balaban J connectivity index is 2.71. The minimum atomic E-state index is -0.586. The topological polar surface area (TPSA) is 65.1 Å². The van der Waals surface area contributed by atoms with Crippen LogP contribution in [0, 0.1) is 29.8 Å². The van der Waals surface area contributed by atoms with E-state index in [9.17, 15) is 19.3 Å². The quantitative estimate of drug-likeness (QED) is 0.485. The van der Waals surface area contributed by atoms with E-state index >= 15 is 0 Å². The fourth-order valence-corrected chi connectivity index (χ4v) is 2.06. The van der Waals surface area contributed by atoms with Crippen molar-refractivity contribution in [3.63, 3.8) is 0 Å². The SMILES string of the molecule is Cc1cc(C=O)c(C)n1-c1cc([N+](=O)[O-])ccc1F. The second-order valence-corrected chi connectivity index (χ2v) is 4.17. The van der Waals surface area contributed by atoms with Crippen LogP contribution in [0.5, 0.6) is 0 Å². The minimum Gasteiger partial charge on any atom is -0.315 e. The number of rotatable bonds is 3. The molecule has 0 fully saturated rings. The molecule has 19 heavy (non-hydrogen) atoms. The molecule has 1 aromatic heterocycles. The number of carbonyl (C=O) groups is 1. The third kappa shape index (κ3) is 2.12. The van der Waals surface area contributed by atoms with Crippen molar-refractivity contribution in [3.8, 4) is 5.69 Å². The van der Waals surface area contributed by atoms with Gasteiger partial charge in [-0.05, 0) is 26.0 Å². The largest absolute Gasteiger partial charge is 0.315 e. The molecule has 0 saturated carbocycles. The molecular weight excluding hydrogens is 251 g/mol. The van der Waals surface area contributed by atoms with Crippen LogP contribution in [0.3, 0.4) is 0 Å². The van der Waals surface area contributed by atoms with E-state index < -0.39 is 10.7 Å². The lowest BCUT2D eigenvalue weighted by atomic mass is 10.2. The highest BCUT2D eigenvalue weighted by Gasteiger charge is 2.16. The predicted octanol–water partition coefficient (Wildman–Crippen LogP) is 2.95. The number of halogens is 1. The minimum absolute atomic E-state index is 0.0669. The summed E-state index contributed by atoms with van der Waals surface area (Å²) >= 11 is 0. The number of hydrogen-bond acceptors (Lipinski definition) is 3. The average Bonchev–Trinajstić information content (AvgIpc) is 2.65. The van der Waals surface area contributed by atoms with Crippen molar-refractivity contribution >= 4 is 12.0 Å². The number of carbonyl (C=O) groups excluding carboxylic acids is 1. The maximum Gasteiger partial charge on any atom is 0.271 e. The van der Waals surface area contributed by atoms with E-state index in [0.717, 1.165) is 18.2 Å². The number of nitro groups is 1. The lowest BCUT2D eigenvalue weighted by Gasteiger charge is -2.10. The molecule has 6 heteroatoms. The van der Waals surface area contributed by atoms with Crippen molar-refractivity contribution in [2.45, 2.75) is 13.8 Å². The van der Waals surface area contributed by atoms with Crippen molar-refractivity contribution < 1.29 is 14.1 Å². The third-order valence-corrected chi connectivity index (χ3v) is 2.98. The molecule has 0 atom stereocenters. The Morgan fingerprint density at radius 2 is 2.00 bits per heavy atom. The number of hydrogen-bond donors (Lipinski definition) is 0. The van der Waals surface area contributed by atoms with Gasteiger partial charge in [-0.3, -0.25) is 14.9 Å². The second-order valence-electron chi connectivity index (χ2n) is 4.17. The molecular formula is C13H11FN2O3. The highest BCUT2D eigenvalue weighted by Crippen LogP contribution is 2.25. The molecule has 0 saturated heterocycles. The van der Waals surface area contributed by atoms with Crippen molar-refractivity contribution in [3.05, 3.63) is 57.1 Å². The Kier molecular flexibility index (Phi) is 3.16. The van der Waals surface area contributed by atoms with Crippen LogP contribution in [0.4, 0.5) is 10.1 Å². The van der Waals surface area contributed by atoms with E-state index in [2.05, 4.69) is 0 Å². The maximum atomic E-state index is 13.9. The number of aryl methyl sites for hydroxylation is 1. The van der Waals surface area contributed by atoms with Crippen molar-refractivity contribution in [1.82, 2.24) is 4.57 Å². The molecule has 98 valence electrons. The summed E-state index contributed by atoms with van der Waals surface area (Å²) in [5.41, 5.74) is 1.49. The Hall–Kier alpha value is -2.50. The highest BCUT2D eigenvalue weighted by molar-refractivity contribution is 5.77. The first-order chi connectivity index (χ1) is 8.95. The zero-order valence-corrected chi connectivity index (χ0v) is 10.4. The number of aldehydes is 1. The number of nitro benzene ring substituents is 1. The first kappa shape index (κ1) is 12.9. The zero-order valence-electron chi connectivity index (χ0n) is 10.4. The Morgan fingerprint density at radius 3 is 2.53 bits per heavy atom. The van der Waals surface area contributed by atoms with E-state index in [1.807, 2.05) is 0 Å². The van der Waals surface area contributed by atoms with Crippen LogP contribution in [0.15, 0.2) is 24.3 Å². The standard InChI is InChI=1S/C13H11FN2O3/c1-8-5-10(7-17)9(2)15(8)13-6-11(16(18)19)3-4-12(13)14/h3-7H,1-2H3. The number of non-ortho nitro benzene ring substituents is 1. The molecule has 0 amide bonds. The summed E-state index contributed by atoms with van der Waals surface area (Å²) in [4.78, 5) is 21.0. The molecule has 0 spiro atoms. The third-order valence-electron chi connectivity index (χ3n) is 2.98. The Labute approximate surface area is 108 Å². The van der Waals surface area contributed by atoms with Gasteiger partial charge in [-0.2, -0.15) is 0 Å². The predicted molar refractivity (Wildman–Crippen MR) is 67.2 cm³/mol. The van der Waals surface area contributed by atoms with Crippen LogP contribution in [-0.4, -0.2) is 15.8 Å². The van der Waals surface area contributed by atoms with Crippen LogP contribution in [0.1, 0.15) is 21.7 Å². The molecule has 0 N–H and O–H groups in total. The smallest absolute Gasteiger partial charge is 0.271 e. The van der Waals surface area contributed by atoms with Crippen molar-refractivity contribution in [2.75, 3.05) is 0 Å². The first-order valence-electron chi connectivity index (χ1n) is 5.54. The summed E-state index contributed by atoms with van der Waals surface area (Å²) in [6.07, 6.45) is 0.675. The van der Waals surface area contributed by atoms with Gasteiger partial charge in [0.2, 0.25) is 0 Å². The van der Waals surface area contributed by atoms with E-state index in [4.69, 9.17) is 0 Å². The summed E-state index contributed by atoms with van der Waals surface area (Å²) in [5.74, 6) is -0.579. The molecule has 0 unspecified atom stereocenters. The molecule has 1 heterocycles. The maximum absolute atomic E-state index is 13.9. The molecule has 0 aliphatic carbocycles. The van der Waals surface area contributed by atoms with Crippen molar-refractivity contribution in [2.24, 2.45) is 0 Å². The van der Waals surface area contributed by atoms with Gasteiger partial charge < -0.3 is 4.57 Å². The van der Waals surface area contributed by atoms with Gasteiger partial charge in [0.1, 0.15) is 5.82 Å². The van der Waals surface area contributed by atoms with Gasteiger partial charge in [0, 0.05) is 29.1 Å². The van der Waals surface area contributed by atoms with Gasteiger partial charge >= 0.3 is 0 Å². The Morgan fingerprint density at radius 1 is 1.32 bits per heavy atom. The van der Waals surface area contributed by atoms with Gasteiger partial charge in [-0.15, -0.1) is 0 Å². The fourth-order valence-electron chi connectivity index (χ4n) is 2.06. The van der Waals surface area contributed by atoms with E-state index in [-0.39, 0.29) is 11.4 Å². The van der Waals surface area contributed by atoms with E-state index in [1.54, 1.807) is 19.9 Å². The Bertz CT molecular complexity index is 677. The monoisotopic (exact) mass is 262 g/mol. The van der Waals surface area contributed by atoms with Crippen LogP contribution in [0.2, 0.25) is 0 Å². The van der Waals surface area contributed by atoms with Crippen LogP contribution >= 0.6 is 0 Å². The molecule has 2 rings (SSSR count). The van der Waals surface area contributed by atoms with Crippen molar-refractivity contribution in [1.29, 1.82) is 0 Å². The fraction of sp³-hybridized carbons (Fsp3) is 0.154. The average molecular weight is 262 g/mol. The summed E-state index contributed by atoms with van der Waals surface area (Å²) < 4.78 is 15.4. The van der Waals surface area contributed by atoms with E-state index in [0.29, 0.717) is 23.2 Å². The summed E-state index contributed by atoms with van der Waals surface area (Å²) in [7, 11) is 0. The lowest BCUT2D eigenvalue weighted by Crippen LogP contribution is -2.03. The van der Waals surface area contributed by atoms with Gasteiger partial charge in [0.05, 0.1) is 10.6 Å². The number of aromatic nitrogens is 1. The molecule has 2 aromatic rings. The van der Waals surface area contributed by atoms with E-state index in [1.165, 1.54) is 4.57 Å².